The molecule has 0 aromatic carbocycles. The molecule has 0 radical (unpaired) electrons. The molecule has 2 heterocycles. The van der Waals surface area contributed by atoms with E-state index in [0.29, 0.717) is 11.8 Å². The molecule has 0 atom stereocenters. The SMILES string of the molecule is CCOc1nc(NN)nc(Sc2cc(C)nn2C)n1. The molecule has 8 nitrogen and oxygen atoms in total. The van der Waals surface area contributed by atoms with Gasteiger partial charge in [0.1, 0.15) is 5.03 Å². The van der Waals surface area contributed by atoms with Crippen molar-refractivity contribution in [2.45, 2.75) is 24.0 Å². The smallest absolute Gasteiger partial charge is 0.322 e. The molecule has 9 heteroatoms. The van der Waals surface area contributed by atoms with E-state index in [9.17, 15) is 0 Å². The van der Waals surface area contributed by atoms with E-state index >= 15 is 0 Å². The highest BCUT2D eigenvalue weighted by Gasteiger charge is 2.11. The van der Waals surface area contributed by atoms with Crippen LogP contribution in [0.4, 0.5) is 5.95 Å². The van der Waals surface area contributed by atoms with Crippen molar-refractivity contribution in [1.82, 2.24) is 24.7 Å². The zero-order valence-electron chi connectivity index (χ0n) is 10.9. The van der Waals surface area contributed by atoms with Crippen molar-refractivity contribution in [2.24, 2.45) is 12.9 Å². The summed E-state index contributed by atoms with van der Waals surface area (Å²) < 4.78 is 7.03. The number of rotatable bonds is 5. The number of anilines is 1. The van der Waals surface area contributed by atoms with Gasteiger partial charge in [-0.2, -0.15) is 20.1 Å². The molecule has 2 rings (SSSR count). The van der Waals surface area contributed by atoms with Crippen LogP contribution >= 0.6 is 11.8 Å². The second kappa shape index (κ2) is 5.85. The molecule has 0 spiro atoms. The van der Waals surface area contributed by atoms with Crippen LogP contribution in [-0.4, -0.2) is 31.3 Å². The summed E-state index contributed by atoms with van der Waals surface area (Å²) in [5, 5.41) is 5.68. The largest absolute Gasteiger partial charge is 0.464 e. The number of nitrogens with two attached hydrogens (primary N) is 1. The van der Waals surface area contributed by atoms with Crippen molar-refractivity contribution < 1.29 is 4.74 Å². The van der Waals surface area contributed by atoms with Gasteiger partial charge in [0.2, 0.25) is 11.1 Å². The zero-order valence-corrected chi connectivity index (χ0v) is 11.7. The fraction of sp³-hybridized carbons (Fsp3) is 0.400. The van der Waals surface area contributed by atoms with Crippen LogP contribution in [0.1, 0.15) is 12.6 Å². The van der Waals surface area contributed by atoms with Gasteiger partial charge in [-0.3, -0.25) is 10.1 Å². The summed E-state index contributed by atoms with van der Waals surface area (Å²) in [6.45, 7) is 4.26. The van der Waals surface area contributed by atoms with E-state index in [-0.39, 0.29) is 12.0 Å². The van der Waals surface area contributed by atoms with Crippen LogP contribution in [0.2, 0.25) is 0 Å². The third-order valence-electron chi connectivity index (χ3n) is 2.15. The quantitative estimate of drug-likeness (QED) is 0.611. The Kier molecular flexibility index (Phi) is 4.17. The monoisotopic (exact) mass is 281 g/mol. The normalized spacial score (nSPS) is 10.5. The number of hydrogen-bond acceptors (Lipinski definition) is 8. The van der Waals surface area contributed by atoms with Crippen LogP contribution in [0.5, 0.6) is 6.01 Å². The number of nitrogen functional groups attached to an aromatic ring is 1. The third-order valence-corrected chi connectivity index (χ3v) is 3.11. The number of nitrogens with one attached hydrogen (secondary N) is 1. The average Bonchev–Trinajstić information content (AvgIpc) is 2.68. The van der Waals surface area contributed by atoms with Crippen molar-refractivity contribution in [2.75, 3.05) is 12.0 Å². The highest BCUT2D eigenvalue weighted by atomic mass is 32.2. The molecule has 0 aliphatic heterocycles. The van der Waals surface area contributed by atoms with E-state index in [1.165, 1.54) is 11.8 Å². The third kappa shape index (κ3) is 3.32. The number of aromatic nitrogens is 5. The highest BCUT2D eigenvalue weighted by Crippen LogP contribution is 2.26. The Balaban J connectivity index is 2.28. The lowest BCUT2D eigenvalue weighted by molar-refractivity contribution is 0.308. The molecule has 0 bridgehead atoms. The van der Waals surface area contributed by atoms with Crippen LogP contribution in [-0.2, 0) is 7.05 Å². The molecule has 102 valence electrons. The van der Waals surface area contributed by atoms with Gasteiger partial charge in [0.05, 0.1) is 12.3 Å². The maximum Gasteiger partial charge on any atom is 0.322 e. The Morgan fingerprint density at radius 3 is 2.79 bits per heavy atom. The molecule has 0 aliphatic carbocycles. The van der Waals surface area contributed by atoms with E-state index in [4.69, 9.17) is 10.6 Å². The molecule has 0 fully saturated rings. The number of hydrogen-bond donors (Lipinski definition) is 2. The maximum absolute atomic E-state index is 5.33. The summed E-state index contributed by atoms with van der Waals surface area (Å²) in [6, 6.07) is 2.19. The number of nitrogens with zero attached hydrogens (tertiary/aromatic N) is 5. The predicted molar refractivity (Wildman–Crippen MR) is 70.9 cm³/mol. The van der Waals surface area contributed by atoms with Gasteiger partial charge in [-0.1, -0.05) is 0 Å². The summed E-state index contributed by atoms with van der Waals surface area (Å²) in [7, 11) is 1.86. The van der Waals surface area contributed by atoms with E-state index in [0.717, 1.165) is 10.7 Å². The van der Waals surface area contributed by atoms with Crippen LogP contribution < -0.4 is 16.0 Å². The molecule has 0 amide bonds. The van der Waals surface area contributed by atoms with Crippen molar-refractivity contribution in [3.05, 3.63) is 11.8 Å². The molecule has 0 saturated carbocycles. The van der Waals surface area contributed by atoms with E-state index in [1.54, 1.807) is 4.68 Å². The first-order valence-electron chi connectivity index (χ1n) is 5.66. The minimum absolute atomic E-state index is 0.242. The van der Waals surface area contributed by atoms with Gasteiger partial charge in [-0.15, -0.1) is 0 Å². The lowest BCUT2D eigenvalue weighted by Crippen LogP contribution is -2.12. The lowest BCUT2D eigenvalue weighted by atomic mass is 10.5. The summed E-state index contributed by atoms with van der Waals surface area (Å²) >= 11 is 1.37. The molecule has 19 heavy (non-hydrogen) atoms. The van der Waals surface area contributed by atoms with Crippen molar-refractivity contribution in [1.29, 1.82) is 0 Å². The van der Waals surface area contributed by atoms with E-state index in [1.807, 2.05) is 27.0 Å². The van der Waals surface area contributed by atoms with Crippen molar-refractivity contribution in [3.63, 3.8) is 0 Å². The van der Waals surface area contributed by atoms with Gasteiger partial charge in [-0.05, 0) is 31.7 Å². The van der Waals surface area contributed by atoms with Crippen LogP contribution in [0, 0.1) is 6.92 Å². The first-order chi connectivity index (χ1) is 9.12. The average molecular weight is 281 g/mol. The Morgan fingerprint density at radius 1 is 1.42 bits per heavy atom. The first kappa shape index (κ1) is 13.6. The van der Waals surface area contributed by atoms with Crippen molar-refractivity contribution in [3.8, 4) is 6.01 Å². The molecule has 0 saturated heterocycles. The zero-order chi connectivity index (χ0) is 13.8. The van der Waals surface area contributed by atoms with E-state index in [2.05, 4.69) is 25.5 Å². The summed E-state index contributed by atoms with van der Waals surface area (Å²) in [4.78, 5) is 12.4. The summed E-state index contributed by atoms with van der Waals surface area (Å²) in [5.74, 6) is 5.59. The number of hydrazine groups is 1. The van der Waals surface area contributed by atoms with Gasteiger partial charge in [0.25, 0.3) is 0 Å². The summed E-state index contributed by atoms with van der Waals surface area (Å²) in [6.07, 6.45) is 0. The predicted octanol–water partition coefficient (Wildman–Crippen LogP) is 0.749. The molecule has 0 aliphatic rings. The molecule has 3 N–H and O–H groups in total. The second-order valence-corrected chi connectivity index (χ2v) is 4.64. The molecule has 2 aromatic rings. The van der Waals surface area contributed by atoms with Gasteiger partial charge in [0, 0.05) is 7.05 Å². The highest BCUT2D eigenvalue weighted by molar-refractivity contribution is 7.99. The second-order valence-electron chi connectivity index (χ2n) is 3.65. The number of aryl methyl sites for hydroxylation is 2. The van der Waals surface area contributed by atoms with Gasteiger partial charge >= 0.3 is 6.01 Å². The summed E-state index contributed by atoms with van der Waals surface area (Å²) in [5.41, 5.74) is 3.33. The lowest BCUT2D eigenvalue weighted by Gasteiger charge is -2.06. The molecule has 0 unspecified atom stereocenters. The topological polar surface area (TPSA) is 104 Å². The fourth-order valence-electron chi connectivity index (χ4n) is 1.42. The van der Waals surface area contributed by atoms with Gasteiger partial charge in [0.15, 0.2) is 0 Å². The van der Waals surface area contributed by atoms with E-state index < -0.39 is 0 Å². The Hall–Kier alpha value is -1.87. The van der Waals surface area contributed by atoms with Crippen LogP contribution in [0.25, 0.3) is 0 Å². The van der Waals surface area contributed by atoms with Crippen molar-refractivity contribution >= 4 is 17.7 Å². The standard InChI is InChI=1S/C10H15N7OS/c1-4-18-9-12-8(15-11)13-10(14-9)19-7-5-6(2)16-17(7)3/h5H,4,11H2,1-3H3,(H,12,13,14,15). The fourth-order valence-corrected chi connectivity index (χ4v) is 2.26. The van der Waals surface area contributed by atoms with Gasteiger partial charge < -0.3 is 4.74 Å². The van der Waals surface area contributed by atoms with Crippen LogP contribution in [0.15, 0.2) is 16.2 Å². The van der Waals surface area contributed by atoms with Gasteiger partial charge in [-0.25, -0.2) is 5.84 Å². The Bertz CT molecular complexity index is 571. The molecular weight excluding hydrogens is 266 g/mol. The first-order valence-corrected chi connectivity index (χ1v) is 6.48. The minimum atomic E-state index is 0.242. The molecular formula is C10H15N7OS. The molecule has 2 aromatic heterocycles. The number of ether oxygens (including phenoxy) is 1. The Morgan fingerprint density at radius 2 is 2.21 bits per heavy atom. The van der Waals surface area contributed by atoms with Crippen LogP contribution in [0.3, 0.4) is 0 Å². The Labute approximate surface area is 114 Å². The minimum Gasteiger partial charge on any atom is -0.464 e. The maximum atomic E-state index is 5.33.